The molecule has 38 heavy (non-hydrogen) atoms. The van der Waals surface area contributed by atoms with Gasteiger partial charge in [-0.05, 0) is 98.6 Å². The van der Waals surface area contributed by atoms with Crippen molar-refractivity contribution in [3.05, 3.63) is 28.2 Å². The molecule has 0 unspecified atom stereocenters. The van der Waals surface area contributed by atoms with Gasteiger partial charge < -0.3 is 14.5 Å². The number of ether oxygens (including phenoxy) is 1. The molecule has 3 aliphatic rings. The number of esters is 1. The van der Waals surface area contributed by atoms with Crippen molar-refractivity contribution in [2.45, 2.75) is 62.8 Å². The summed E-state index contributed by atoms with van der Waals surface area (Å²) in [5.41, 5.74) is 0.305. The minimum Gasteiger partial charge on any atom is -0.466 e. The second-order valence-electron chi connectivity index (χ2n) is 10.5. The summed E-state index contributed by atoms with van der Waals surface area (Å²) in [5, 5.41) is 9.25. The quantitative estimate of drug-likeness (QED) is 0.436. The van der Waals surface area contributed by atoms with Crippen LogP contribution in [0.1, 0.15) is 57.4 Å². The van der Waals surface area contributed by atoms with Crippen molar-refractivity contribution >= 4 is 37.8 Å². The van der Waals surface area contributed by atoms with Crippen LogP contribution in [0.15, 0.2) is 27.6 Å². The van der Waals surface area contributed by atoms with E-state index in [1.807, 2.05) is 17.9 Å². The summed E-state index contributed by atoms with van der Waals surface area (Å²) in [5.74, 6) is 0.438. The summed E-state index contributed by atoms with van der Waals surface area (Å²) < 4.78 is 33.5. The lowest BCUT2D eigenvalue weighted by molar-refractivity contribution is -0.145. The molecule has 0 aromatic heterocycles. The fourth-order valence-electron chi connectivity index (χ4n) is 5.93. The number of nitrogens with zero attached hydrogens (tertiary/aromatic N) is 4. The van der Waals surface area contributed by atoms with Gasteiger partial charge in [0.05, 0.1) is 17.1 Å². The minimum absolute atomic E-state index is 0.0417. The van der Waals surface area contributed by atoms with Gasteiger partial charge in [-0.25, -0.2) is 8.42 Å². The Hall–Kier alpha value is -2.00. The smallest absolute Gasteiger partial charge is 0.306 e. The lowest BCUT2D eigenvalue weighted by Crippen LogP contribution is -2.51. The lowest BCUT2D eigenvalue weighted by atomic mass is 9.90. The normalized spacial score (nSPS) is 21.2. The molecule has 3 heterocycles. The van der Waals surface area contributed by atoms with E-state index in [2.05, 4.69) is 20.8 Å². The van der Waals surface area contributed by atoms with Gasteiger partial charge in [0.2, 0.25) is 15.9 Å². The molecule has 1 aromatic carbocycles. The SMILES string of the molecule is CCOC(=O)CC1CCN(C(=O)C2CCN(C3CCN(S(=O)(=O)c4ccc(Br)c(C#N)c4)CC3)CC2)CC1. The molecule has 4 rings (SSSR count). The van der Waals surface area contributed by atoms with Crippen LogP contribution in [0.3, 0.4) is 0 Å². The molecule has 11 heteroatoms. The van der Waals surface area contributed by atoms with Gasteiger partial charge in [0.1, 0.15) is 6.07 Å². The summed E-state index contributed by atoms with van der Waals surface area (Å²) in [6, 6.07) is 6.91. The van der Waals surface area contributed by atoms with Crippen molar-refractivity contribution in [2.75, 3.05) is 45.9 Å². The minimum atomic E-state index is -3.64. The molecule has 0 saturated carbocycles. The standard InChI is InChI=1S/C27H37BrN4O5S/c1-2-37-26(33)17-20-5-11-31(12-6-20)27(34)21-7-13-30(14-8-21)23-9-15-32(16-10-23)38(35,36)24-3-4-25(28)22(18-24)19-29/h3-4,18,20-21,23H,2,5-17H2,1H3. The number of hydrogen-bond acceptors (Lipinski definition) is 7. The lowest BCUT2D eigenvalue weighted by Gasteiger charge is -2.42. The zero-order valence-corrected chi connectivity index (χ0v) is 24.4. The Kier molecular flexibility index (Phi) is 9.84. The zero-order chi connectivity index (χ0) is 27.3. The third-order valence-electron chi connectivity index (χ3n) is 8.20. The molecule has 1 amide bonds. The number of halogens is 1. The highest BCUT2D eigenvalue weighted by Crippen LogP contribution is 2.30. The summed E-state index contributed by atoms with van der Waals surface area (Å²) in [4.78, 5) is 29.4. The number of rotatable bonds is 7. The van der Waals surface area contributed by atoms with Crippen molar-refractivity contribution in [2.24, 2.45) is 11.8 Å². The molecule has 3 aliphatic heterocycles. The number of sulfonamides is 1. The van der Waals surface area contributed by atoms with E-state index in [-0.39, 0.29) is 22.7 Å². The number of carbonyl (C=O) groups excluding carboxylic acids is 2. The fourth-order valence-corrected chi connectivity index (χ4v) is 7.76. The van der Waals surface area contributed by atoms with Crippen LogP contribution in [0, 0.1) is 23.2 Å². The molecule has 0 radical (unpaired) electrons. The highest BCUT2D eigenvalue weighted by molar-refractivity contribution is 9.10. The van der Waals surface area contributed by atoms with Crippen LogP contribution < -0.4 is 0 Å². The fraction of sp³-hybridized carbons (Fsp3) is 0.667. The van der Waals surface area contributed by atoms with Crippen molar-refractivity contribution in [1.29, 1.82) is 5.26 Å². The third kappa shape index (κ3) is 6.76. The van der Waals surface area contributed by atoms with E-state index in [1.54, 1.807) is 6.07 Å². The third-order valence-corrected chi connectivity index (χ3v) is 10.8. The van der Waals surface area contributed by atoms with E-state index in [0.717, 1.165) is 51.6 Å². The maximum atomic E-state index is 13.1. The van der Waals surface area contributed by atoms with Gasteiger partial charge in [-0.3, -0.25) is 9.59 Å². The Balaban J connectivity index is 1.22. The topological polar surface area (TPSA) is 111 Å². The molecular weight excluding hydrogens is 572 g/mol. The molecule has 1 aromatic rings. The van der Waals surface area contributed by atoms with E-state index >= 15 is 0 Å². The summed E-state index contributed by atoms with van der Waals surface area (Å²) >= 11 is 3.28. The first-order chi connectivity index (χ1) is 18.2. The predicted octanol–water partition coefficient (Wildman–Crippen LogP) is 3.38. The number of nitriles is 1. The van der Waals surface area contributed by atoms with Crippen LogP contribution in [0.4, 0.5) is 0 Å². The van der Waals surface area contributed by atoms with Crippen LogP contribution in [0.25, 0.3) is 0 Å². The molecule has 208 valence electrons. The summed E-state index contributed by atoms with van der Waals surface area (Å²) in [7, 11) is -3.64. The average Bonchev–Trinajstić information content (AvgIpc) is 2.93. The molecule has 3 saturated heterocycles. The summed E-state index contributed by atoms with van der Waals surface area (Å²) in [6.07, 6.45) is 5.32. The van der Waals surface area contributed by atoms with Crippen molar-refractivity contribution < 1.29 is 22.7 Å². The molecule has 0 spiro atoms. The Morgan fingerprint density at radius 3 is 2.29 bits per heavy atom. The molecule has 0 N–H and O–H groups in total. The second kappa shape index (κ2) is 12.9. The number of carbonyl (C=O) groups is 2. The first-order valence-corrected chi connectivity index (χ1v) is 15.8. The Morgan fingerprint density at radius 1 is 1.03 bits per heavy atom. The van der Waals surface area contributed by atoms with E-state index in [0.29, 0.717) is 61.2 Å². The van der Waals surface area contributed by atoms with Gasteiger partial charge >= 0.3 is 5.97 Å². The van der Waals surface area contributed by atoms with Crippen LogP contribution in [0.5, 0.6) is 0 Å². The van der Waals surface area contributed by atoms with Crippen LogP contribution >= 0.6 is 15.9 Å². The van der Waals surface area contributed by atoms with Crippen molar-refractivity contribution in [1.82, 2.24) is 14.1 Å². The first kappa shape index (κ1) is 29.0. The maximum absolute atomic E-state index is 13.1. The highest BCUT2D eigenvalue weighted by atomic mass is 79.9. The van der Waals surface area contributed by atoms with Crippen LogP contribution in [-0.4, -0.2) is 86.3 Å². The van der Waals surface area contributed by atoms with E-state index < -0.39 is 10.0 Å². The number of benzene rings is 1. The molecule has 9 nitrogen and oxygen atoms in total. The van der Waals surface area contributed by atoms with Gasteiger partial charge in [0, 0.05) is 49.0 Å². The molecule has 0 aliphatic carbocycles. The van der Waals surface area contributed by atoms with Gasteiger partial charge in [0.25, 0.3) is 0 Å². The number of likely N-dealkylation sites (tertiary alicyclic amines) is 2. The average molecular weight is 610 g/mol. The largest absolute Gasteiger partial charge is 0.466 e. The Labute approximate surface area is 234 Å². The van der Waals surface area contributed by atoms with Crippen molar-refractivity contribution in [3.63, 3.8) is 0 Å². The summed E-state index contributed by atoms with van der Waals surface area (Å²) in [6.45, 7) is 6.25. The first-order valence-electron chi connectivity index (χ1n) is 13.6. The number of amides is 1. The molecule has 0 atom stereocenters. The highest BCUT2D eigenvalue weighted by Gasteiger charge is 2.36. The van der Waals surface area contributed by atoms with Gasteiger partial charge in [-0.1, -0.05) is 0 Å². The van der Waals surface area contributed by atoms with Crippen molar-refractivity contribution in [3.8, 4) is 6.07 Å². The Morgan fingerprint density at radius 2 is 1.68 bits per heavy atom. The van der Waals surface area contributed by atoms with E-state index in [1.165, 1.54) is 16.4 Å². The van der Waals surface area contributed by atoms with E-state index in [9.17, 15) is 23.3 Å². The van der Waals surface area contributed by atoms with Gasteiger partial charge in [-0.2, -0.15) is 9.57 Å². The van der Waals surface area contributed by atoms with Gasteiger partial charge in [0.15, 0.2) is 0 Å². The van der Waals surface area contributed by atoms with E-state index in [4.69, 9.17) is 4.74 Å². The Bertz CT molecular complexity index is 1150. The number of piperidine rings is 3. The zero-order valence-electron chi connectivity index (χ0n) is 22.0. The second-order valence-corrected chi connectivity index (χ2v) is 13.3. The molecule has 0 bridgehead atoms. The molecular formula is C27H37BrN4O5S. The van der Waals surface area contributed by atoms with Crippen LogP contribution in [-0.2, 0) is 24.3 Å². The monoisotopic (exact) mass is 608 g/mol. The van der Waals surface area contributed by atoms with Gasteiger partial charge in [-0.15, -0.1) is 0 Å². The van der Waals surface area contributed by atoms with Crippen LogP contribution in [0.2, 0.25) is 0 Å². The maximum Gasteiger partial charge on any atom is 0.306 e. The number of hydrogen-bond donors (Lipinski definition) is 0. The predicted molar refractivity (Wildman–Crippen MR) is 145 cm³/mol. The molecule has 3 fully saturated rings.